The third-order valence-electron chi connectivity index (χ3n) is 5.68. The molecule has 1 aliphatic rings. The van der Waals surface area contributed by atoms with Gasteiger partial charge in [-0.05, 0) is 49.2 Å². The predicted molar refractivity (Wildman–Crippen MR) is 125 cm³/mol. The highest BCUT2D eigenvalue weighted by Crippen LogP contribution is 2.21. The maximum Gasteiger partial charge on any atom is 0.338 e. The van der Waals surface area contributed by atoms with Crippen molar-refractivity contribution in [2.24, 2.45) is 0 Å². The highest BCUT2D eigenvalue weighted by Gasteiger charge is 2.21. The second kappa shape index (κ2) is 9.87. The van der Waals surface area contributed by atoms with E-state index < -0.39 is 0 Å². The smallest absolute Gasteiger partial charge is 0.338 e. The van der Waals surface area contributed by atoms with Crippen LogP contribution in [0, 0.1) is 13.8 Å². The molecule has 1 aromatic heterocycles. The lowest BCUT2D eigenvalue weighted by Gasteiger charge is -2.34. The third kappa shape index (κ3) is 5.48. The maximum atomic E-state index is 12.5. The molecule has 2 aromatic carbocycles. The second-order valence-corrected chi connectivity index (χ2v) is 8.24. The van der Waals surface area contributed by atoms with Gasteiger partial charge in [0, 0.05) is 50.7 Å². The Kier molecular flexibility index (Phi) is 6.75. The molecule has 0 aliphatic carbocycles. The van der Waals surface area contributed by atoms with Crippen molar-refractivity contribution >= 4 is 22.6 Å². The number of rotatable bonds is 7. The molecular weight excluding hydrogens is 406 g/mol. The van der Waals surface area contributed by atoms with Gasteiger partial charge >= 0.3 is 5.63 Å². The lowest BCUT2D eigenvalue weighted by Crippen LogP contribution is -2.50. The first kappa shape index (κ1) is 21.9. The van der Waals surface area contributed by atoms with E-state index in [1.54, 1.807) is 6.07 Å². The number of nitrogens with zero attached hydrogens (tertiary/aromatic N) is 2. The molecule has 0 saturated carbocycles. The van der Waals surface area contributed by atoms with Gasteiger partial charge in [0.1, 0.15) is 11.3 Å². The molecule has 1 N–H and O–H groups in total. The molecule has 0 unspecified atom stereocenters. The van der Waals surface area contributed by atoms with Crippen molar-refractivity contribution in [2.75, 3.05) is 51.2 Å². The van der Waals surface area contributed by atoms with Crippen LogP contribution in [-0.2, 0) is 4.79 Å². The summed E-state index contributed by atoms with van der Waals surface area (Å²) < 4.78 is 11.0. The number of anilines is 1. The fraction of sp³-hybridized carbons (Fsp3) is 0.360. The van der Waals surface area contributed by atoms with Gasteiger partial charge in [-0.1, -0.05) is 18.2 Å². The van der Waals surface area contributed by atoms with Gasteiger partial charge in [-0.25, -0.2) is 4.79 Å². The normalized spacial score (nSPS) is 14.5. The van der Waals surface area contributed by atoms with Crippen LogP contribution in [0.5, 0.6) is 5.75 Å². The van der Waals surface area contributed by atoms with Crippen molar-refractivity contribution in [3.05, 3.63) is 70.1 Å². The van der Waals surface area contributed by atoms with Crippen LogP contribution in [0.15, 0.2) is 57.7 Å². The highest BCUT2D eigenvalue weighted by atomic mass is 16.5. The van der Waals surface area contributed by atoms with E-state index in [-0.39, 0.29) is 18.1 Å². The topological polar surface area (TPSA) is 75.0 Å². The van der Waals surface area contributed by atoms with Crippen LogP contribution in [0.1, 0.15) is 11.1 Å². The number of hydrogen-bond acceptors (Lipinski definition) is 6. The fourth-order valence-corrected chi connectivity index (χ4v) is 4.08. The van der Waals surface area contributed by atoms with Gasteiger partial charge in [0.15, 0.2) is 6.61 Å². The minimum atomic E-state index is -0.360. The number of carbonyl (C=O) groups excluding carboxylic acids is 1. The zero-order valence-corrected chi connectivity index (χ0v) is 18.6. The van der Waals surface area contributed by atoms with Crippen molar-refractivity contribution in [3.63, 3.8) is 0 Å². The van der Waals surface area contributed by atoms with Gasteiger partial charge in [-0.15, -0.1) is 0 Å². The molecule has 7 heteroatoms. The Morgan fingerprint density at radius 3 is 2.50 bits per heavy atom. The molecule has 0 bridgehead atoms. The Labute approximate surface area is 187 Å². The predicted octanol–water partition coefficient (Wildman–Crippen LogP) is 3.04. The first-order valence-electron chi connectivity index (χ1n) is 11.0. The van der Waals surface area contributed by atoms with E-state index in [0.29, 0.717) is 25.2 Å². The van der Waals surface area contributed by atoms with E-state index in [2.05, 4.69) is 16.3 Å². The summed E-state index contributed by atoms with van der Waals surface area (Å²) in [6.45, 7) is 8.64. The molecule has 4 rings (SSSR count). The molecule has 0 radical (unpaired) electrons. The summed E-state index contributed by atoms with van der Waals surface area (Å²) >= 11 is 0. The Morgan fingerprint density at radius 1 is 1.03 bits per heavy atom. The Morgan fingerprint density at radius 2 is 1.75 bits per heavy atom. The minimum Gasteiger partial charge on any atom is -0.484 e. The summed E-state index contributed by atoms with van der Waals surface area (Å²) in [6, 6.07) is 15.0. The average molecular weight is 436 g/mol. The fourth-order valence-electron chi connectivity index (χ4n) is 4.08. The molecule has 0 atom stereocenters. The van der Waals surface area contributed by atoms with Crippen LogP contribution in [0.3, 0.4) is 0 Å². The number of piperazine rings is 1. The van der Waals surface area contributed by atoms with Crippen molar-refractivity contribution < 1.29 is 13.9 Å². The molecule has 32 heavy (non-hydrogen) atoms. The van der Waals surface area contributed by atoms with Gasteiger partial charge in [-0.3, -0.25) is 9.69 Å². The molecule has 0 spiro atoms. The summed E-state index contributed by atoms with van der Waals surface area (Å²) in [7, 11) is 0. The number of amides is 1. The van der Waals surface area contributed by atoms with Gasteiger partial charge < -0.3 is 19.4 Å². The van der Waals surface area contributed by atoms with Gasteiger partial charge in [0.05, 0.1) is 5.69 Å². The van der Waals surface area contributed by atoms with E-state index >= 15 is 0 Å². The number of hydrogen-bond donors (Lipinski definition) is 1. The van der Waals surface area contributed by atoms with Crippen LogP contribution in [-0.4, -0.2) is 61.6 Å². The number of carbonyl (C=O) groups is 1. The lowest BCUT2D eigenvalue weighted by molar-refractivity contribution is -0.135. The number of benzene rings is 2. The molecule has 1 amide bonds. The Balaban J connectivity index is 1.22. The van der Waals surface area contributed by atoms with Crippen LogP contribution < -0.4 is 15.7 Å². The van der Waals surface area contributed by atoms with E-state index in [1.165, 1.54) is 6.07 Å². The summed E-state index contributed by atoms with van der Waals surface area (Å²) in [5.74, 6) is 0.757. The number of para-hydroxylation sites is 1. The zero-order valence-electron chi connectivity index (χ0n) is 18.6. The summed E-state index contributed by atoms with van der Waals surface area (Å²) in [6.07, 6.45) is 0. The van der Waals surface area contributed by atoms with E-state index in [9.17, 15) is 9.59 Å². The highest BCUT2D eigenvalue weighted by molar-refractivity contribution is 5.89. The summed E-state index contributed by atoms with van der Waals surface area (Å²) in [5.41, 5.74) is 3.26. The Bertz CT molecular complexity index is 1130. The van der Waals surface area contributed by atoms with Crippen LogP contribution in [0.4, 0.5) is 5.69 Å². The van der Waals surface area contributed by atoms with Crippen molar-refractivity contribution in [1.29, 1.82) is 0 Å². The third-order valence-corrected chi connectivity index (χ3v) is 5.68. The maximum absolute atomic E-state index is 12.5. The molecule has 1 fully saturated rings. The standard InChI is InChI=1S/C25H29N3O4/c1-18-13-19(2)15-20(14-18)31-17-24(29)28-11-9-27(10-12-28)8-7-26-22-16-25(30)32-23-6-4-3-5-21(22)23/h3-6,13-16,26H,7-12,17H2,1-2H3. The van der Waals surface area contributed by atoms with Crippen LogP contribution in [0.25, 0.3) is 11.0 Å². The van der Waals surface area contributed by atoms with E-state index in [1.807, 2.05) is 49.1 Å². The number of aryl methyl sites for hydroxylation is 2. The van der Waals surface area contributed by atoms with Crippen molar-refractivity contribution in [2.45, 2.75) is 13.8 Å². The first-order chi connectivity index (χ1) is 15.5. The largest absolute Gasteiger partial charge is 0.484 e. The van der Waals surface area contributed by atoms with Crippen LogP contribution in [0.2, 0.25) is 0 Å². The SMILES string of the molecule is Cc1cc(C)cc(OCC(=O)N2CCN(CCNc3cc(=O)oc4ccccc34)CC2)c1. The van der Waals surface area contributed by atoms with E-state index in [0.717, 1.165) is 47.6 Å². The summed E-state index contributed by atoms with van der Waals surface area (Å²) in [5, 5.41) is 4.25. The molecule has 2 heterocycles. The number of fused-ring (bicyclic) bond motifs is 1. The second-order valence-electron chi connectivity index (χ2n) is 8.24. The van der Waals surface area contributed by atoms with Gasteiger partial charge in [0.25, 0.3) is 5.91 Å². The average Bonchev–Trinajstić information content (AvgIpc) is 2.77. The van der Waals surface area contributed by atoms with E-state index in [4.69, 9.17) is 9.15 Å². The van der Waals surface area contributed by atoms with Gasteiger partial charge in [-0.2, -0.15) is 0 Å². The molecular formula is C25H29N3O4. The number of nitrogens with one attached hydrogen (secondary N) is 1. The summed E-state index contributed by atoms with van der Waals surface area (Å²) in [4.78, 5) is 28.5. The lowest BCUT2D eigenvalue weighted by atomic mass is 10.1. The Hall–Kier alpha value is -3.32. The molecule has 1 aliphatic heterocycles. The molecule has 7 nitrogen and oxygen atoms in total. The number of ether oxygens (including phenoxy) is 1. The van der Waals surface area contributed by atoms with Gasteiger partial charge in [0.2, 0.25) is 0 Å². The molecule has 3 aromatic rings. The minimum absolute atomic E-state index is 0.0180. The first-order valence-corrected chi connectivity index (χ1v) is 11.0. The quantitative estimate of drug-likeness (QED) is 0.575. The van der Waals surface area contributed by atoms with Crippen molar-refractivity contribution in [1.82, 2.24) is 9.80 Å². The van der Waals surface area contributed by atoms with Crippen LogP contribution >= 0.6 is 0 Å². The molecule has 1 saturated heterocycles. The zero-order chi connectivity index (χ0) is 22.5. The molecule has 168 valence electrons. The van der Waals surface area contributed by atoms with Crippen molar-refractivity contribution in [3.8, 4) is 5.75 Å². The monoisotopic (exact) mass is 435 g/mol.